The van der Waals surface area contributed by atoms with E-state index in [9.17, 15) is 0 Å². The Bertz CT molecular complexity index is 328. The van der Waals surface area contributed by atoms with Crippen molar-refractivity contribution in [3.05, 3.63) is 35.4 Å². The summed E-state index contributed by atoms with van der Waals surface area (Å²) in [5.41, 5.74) is 3.36. The zero-order chi connectivity index (χ0) is 10.9. The summed E-state index contributed by atoms with van der Waals surface area (Å²) in [7, 11) is 0. The molecular formula is C14H19Br. The summed E-state index contributed by atoms with van der Waals surface area (Å²) in [6.07, 6.45) is 5.25. The van der Waals surface area contributed by atoms with Gasteiger partial charge in [-0.2, -0.15) is 0 Å². The second-order valence-corrected chi connectivity index (χ2v) is 6.61. The van der Waals surface area contributed by atoms with E-state index in [1.54, 1.807) is 0 Å². The molecule has 0 saturated heterocycles. The second-order valence-electron chi connectivity index (χ2n) is 5.31. The highest BCUT2D eigenvalue weighted by atomic mass is 79.9. The van der Waals surface area contributed by atoms with E-state index in [0.717, 1.165) is 4.83 Å². The molecule has 1 saturated carbocycles. The Hall–Kier alpha value is -0.300. The van der Waals surface area contributed by atoms with Crippen LogP contribution in [0.1, 0.15) is 37.3 Å². The Morgan fingerprint density at radius 1 is 1.33 bits per heavy atom. The highest BCUT2D eigenvalue weighted by molar-refractivity contribution is 9.09. The third-order valence-corrected chi connectivity index (χ3v) is 4.31. The number of halogens is 1. The number of rotatable bonds is 2. The number of benzene rings is 1. The van der Waals surface area contributed by atoms with Gasteiger partial charge in [-0.1, -0.05) is 52.7 Å². The van der Waals surface area contributed by atoms with Crippen molar-refractivity contribution < 1.29 is 0 Å². The molecule has 1 aliphatic rings. The fraction of sp³-hybridized carbons (Fsp3) is 0.571. The SMILES string of the molecule is Cc1ccc(CC2(C)CCC(Br)C2)cc1. The molecule has 0 aromatic heterocycles. The third-order valence-electron chi connectivity index (χ3n) is 3.53. The molecule has 82 valence electrons. The fourth-order valence-electron chi connectivity index (χ4n) is 2.60. The van der Waals surface area contributed by atoms with Crippen molar-refractivity contribution in [3.63, 3.8) is 0 Å². The van der Waals surface area contributed by atoms with Crippen LogP contribution in [-0.2, 0) is 6.42 Å². The van der Waals surface area contributed by atoms with E-state index >= 15 is 0 Å². The van der Waals surface area contributed by atoms with Crippen LogP contribution in [-0.4, -0.2) is 4.83 Å². The monoisotopic (exact) mass is 266 g/mol. The topological polar surface area (TPSA) is 0 Å². The van der Waals surface area contributed by atoms with Gasteiger partial charge < -0.3 is 0 Å². The molecular weight excluding hydrogens is 248 g/mol. The lowest BCUT2D eigenvalue weighted by molar-refractivity contribution is 0.336. The molecule has 2 atom stereocenters. The Balaban J connectivity index is 2.05. The molecule has 15 heavy (non-hydrogen) atoms. The minimum Gasteiger partial charge on any atom is -0.0890 e. The maximum absolute atomic E-state index is 3.74. The first kappa shape index (κ1) is 11.2. The minimum absolute atomic E-state index is 0.517. The minimum atomic E-state index is 0.517. The van der Waals surface area contributed by atoms with Crippen LogP contribution in [0.3, 0.4) is 0 Å². The average Bonchev–Trinajstić information content (AvgIpc) is 2.50. The molecule has 0 bridgehead atoms. The quantitative estimate of drug-likeness (QED) is 0.692. The van der Waals surface area contributed by atoms with Gasteiger partial charge >= 0.3 is 0 Å². The summed E-state index contributed by atoms with van der Waals surface area (Å²) in [6, 6.07) is 9.00. The molecule has 0 aliphatic heterocycles. The largest absolute Gasteiger partial charge is 0.0890 e. The van der Waals surface area contributed by atoms with Crippen LogP contribution in [0.15, 0.2) is 24.3 Å². The van der Waals surface area contributed by atoms with E-state index in [1.165, 1.54) is 36.8 Å². The molecule has 0 N–H and O–H groups in total. The third kappa shape index (κ3) is 2.84. The fourth-order valence-corrected chi connectivity index (χ4v) is 3.61. The van der Waals surface area contributed by atoms with Gasteiger partial charge in [0.25, 0.3) is 0 Å². The predicted octanol–water partition coefficient (Wildman–Crippen LogP) is 4.49. The van der Waals surface area contributed by atoms with Crippen molar-refractivity contribution in [2.75, 3.05) is 0 Å². The van der Waals surface area contributed by atoms with E-state index in [-0.39, 0.29) is 0 Å². The van der Waals surface area contributed by atoms with Crippen molar-refractivity contribution in [2.45, 2.75) is 44.4 Å². The van der Waals surface area contributed by atoms with Gasteiger partial charge in [-0.05, 0) is 43.6 Å². The van der Waals surface area contributed by atoms with Crippen LogP contribution < -0.4 is 0 Å². The van der Waals surface area contributed by atoms with Gasteiger partial charge in [0.15, 0.2) is 0 Å². The maximum Gasteiger partial charge on any atom is 0.0151 e. The summed E-state index contributed by atoms with van der Waals surface area (Å²) >= 11 is 3.74. The van der Waals surface area contributed by atoms with Gasteiger partial charge in [0.2, 0.25) is 0 Å². The van der Waals surface area contributed by atoms with Gasteiger partial charge in [0.1, 0.15) is 0 Å². The van der Waals surface area contributed by atoms with Gasteiger partial charge in [-0.15, -0.1) is 0 Å². The van der Waals surface area contributed by atoms with Gasteiger partial charge in [0, 0.05) is 4.83 Å². The normalized spacial score (nSPS) is 30.7. The van der Waals surface area contributed by atoms with Gasteiger partial charge in [-0.3, -0.25) is 0 Å². The van der Waals surface area contributed by atoms with E-state index in [0.29, 0.717) is 5.41 Å². The van der Waals surface area contributed by atoms with Crippen molar-refractivity contribution in [1.29, 1.82) is 0 Å². The van der Waals surface area contributed by atoms with Crippen molar-refractivity contribution in [2.24, 2.45) is 5.41 Å². The standard InChI is InChI=1S/C14H19Br/c1-11-3-5-12(6-4-11)9-14(2)8-7-13(15)10-14/h3-6,13H,7-10H2,1-2H3. The Morgan fingerprint density at radius 3 is 2.53 bits per heavy atom. The van der Waals surface area contributed by atoms with Crippen LogP contribution in [0.4, 0.5) is 0 Å². The molecule has 0 nitrogen and oxygen atoms in total. The highest BCUT2D eigenvalue weighted by Gasteiger charge is 2.33. The number of aryl methyl sites for hydroxylation is 1. The van der Waals surface area contributed by atoms with Crippen molar-refractivity contribution >= 4 is 15.9 Å². The molecule has 0 radical (unpaired) electrons. The lowest BCUT2D eigenvalue weighted by atomic mass is 9.82. The lowest BCUT2D eigenvalue weighted by Gasteiger charge is -2.23. The van der Waals surface area contributed by atoms with Crippen LogP contribution in [0.25, 0.3) is 0 Å². The molecule has 2 rings (SSSR count). The summed E-state index contributed by atoms with van der Waals surface area (Å²) < 4.78 is 0. The average molecular weight is 267 g/mol. The smallest absolute Gasteiger partial charge is 0.0151 e. The van der Waals surface area contributed by atoms with Gasteiger partial charge in [0.05, 0.1) is 0 Å². The summed E-state index contributed by atoms with van der Waals surface area (Å²) in [5.74, 6) is 0. The van der Waals surface area contributed by atoms with E-state index < -0.39 is 0 Å². The van der Waals surface area contributed by atoms with Crippen molar-refractivity contribution in [1.82, 2.24) is 0 Å². The number of alkyl halides is 1. The number of hydrogen-bond donors (Lipinski definition) is 0. The molecule has 0 amide bonds. The van der Waals surface area contributed by atoms with E-state index in [2.05, 4.69) is 54.0 Å². The van der Waals surface area contributed by atoms with E-state index in [4.69, 9.17) is 0 Å². The molecule has 0 heterocycles. The lowest BCUT2D eigenvalue weighted by Crippen LogP contribution is -2.15. The number of hydrogen-bond acceptors (Lipinski definition) is 0. The molecule has 1 fully saturated rings. The van der Waals surface area contributed by atoms with Crippen LogP contribution >= 0.6 is 15.9 Å². The molecule has 0 spiro atoms. The van der Waals surface area contributed by atoms with Gasteiger partial charge in [-0.25, -0.2) is 0 Å². The zero-order valence-electron chi connectivity index (χ0n) is 9.59. The summed E-state index contributed by atoms with van der Waals surface area (Å²) in [4.78, 5) is 0.743. The Kier molecular flexibility index (Phi) is 3.20. The molecule has 2 unspecified atom stereocenters. The second kappa shape index (κ2) is 4.29. The molecule has 1 heteroatoms. The van der Waals surface area contributed by atoms with Crippen LogP contribution in [0.2, 0.25) is 0 Å². The van der Waals surface area contributed by atoms with E-state index in [1.807, 2.05) is 0 Å². The summed E-state index contributed by atoms with van der Waals surface area (Å²) in [6.45, 7) is 4.57. The molecule has 1 aliphatic carbocycles. The first-order valence-electron chi connectivity index (χ1n) is 5.77. The molecule has 1 aromatic carbocycles. The summed E-state index contributed by atoms with van der Waals surface area (Å²) in [5, 5.41) is 0. The maximum atomic E-state index is 3.74. The first-order chi connectivity index (χ1) is 7.07. The Morgan fingerprint density at radius 2 is 2.00 bits per heavy atom. The zero-order valence-corrected chi connectivity index (χ0v) is 11.2. The first-order valence-corrected chi connectivity index (χ1v) is 6.69. The van der Waals surface area contributed by atoms with Crippen LogP contribution in [0.5, 0.6) is 0 Å². The molecule has 1 aromatic rings. The predicted molar refractivity (Wildman–Crippen MR) is 69.6 cm³/mol. The van der Waals surface area contributed by atoms with Crippen LogP contribution in [0, 0.1) is 12.3 Å². The Labute approximate surface area is 101 Å². The van der Waals surface area contributed by atoms with Crippen molar-refractivity contribution in [3.8, 4) is 0 Å². The highest BCUT2D eigenvalue weighted by Crippen LogP contribution is 2.43.